The van der Waals surface area contributed by atoms with E-state index in [4.69, 9.17) is 0 Å². The summed E-state index contributed by atoms with van der Waals surface area (Å²) in [4.78, 5) is 4.08. The smallest absolute Gasteiger partial charge is 0.0582 e. The Balaban J connectivity index is 2.92. The van der Waals surface area contributed by atoms with Crippen LogP contribution in [0, 0.1) is 0 Å². The molecule has 0 saturated carbocycles. The van der Waals surface area contributed by atoms with Gasteiger partial charge in [0.1, 0.15) is 0 Å². The molecular weight excluding hydrogens is 110 g/mol. The van der Waals surface area contributed by atoms with Gasteiger partial charge in [-0.05, 0) is 19.4 Å². The highest BCUT2D eigenvalue weighted by Gasteiger charge is 2.02. The van der Waals surface area contributed by atoms with Gasteiger partial charge in [0.2, 0.25) is 0 Å². The minimum absolute atomic E-state index is 0.916. The molecule has 48 valence electrons. The van der Waals surface area contributed by atoms with Gasteiger partial charge in [-0.25, -0.2) is 0 Å². The van der Waals surface area contributed by atoms with Gasteiger partial charge in [-0.1, -0.05) is 12.2 Å². The molecule has 0 aliphatic carbocycles. The van der Waals surface area contributed by atoms with Gasteiger partial charge in [0.05, 0.1) is 5.70 Å². The van der Waals surface area contributed by atoms with Crippen molar-refractivity contribution in [3.63, 3.8) is 0 Å². The first-order chi connectivity index (χ1) is 4.22. The minimum Gasteiger partial charge on any atom is -0.261 e. The Morgan fingerprint density at radius 2 is 2.22 bits per heavy atom. The fourth-order valence-corrected chi connectivity index (χ4v) is 0.789. The molecule has 1 rings (SSSR count). The molecule has 0 amide bonds. The fraction of sp³-hybridized carbons (Fsp3) is 0.375. The van der Waals surface area contributed by atoms with Crippen molar-refractivity contribution in [3.05, 3.63) is 23.4 Å². The molecule has 1 heterocycles. The van der Waals surface area contributed by atoms with E-state index in [9.17, 15) is 0 Å². The Morgan fingerprint density at radius 1 is 1.56 bits per heavy atom. The maximum atomic E-state index is 4.08. The van der Waals surface area contributed by atoms with Crippen LogP contribution < -0.4 is 0 Å². The van der Waals surface area contributed by atoms with Crippen LogP contribution in [-0.4, -0.2) is 6.21 Å². The van der Waals surface area contributed by atoms with Gasteiger partial charge in [-0.15, -0.1) is 0 Å². The van der Waals surface area contributed by atoms with Gasteiger partial charge in [0.25, 0.3) is 0 Å². The first kappa shape index (κ1) is 6.27. The number of hydrogen-bond donors (Lipinski definition) is 0. The number of hydrogen-bond acceptors (Lipinski definition) is 1. The Hall–Kier alpha value is -0.850. The lowest BCUT2D eigenvalue weighted by molar-refractivity contribution is 1.12. The van der Waals surface area contributed by atoms with E-state index in [0.29, 0.717) is 0 Å². The summed E-state index contributed by atoms with van der Waals surface area (Å²) in [6.45, 7) is 7.97. The van der Waals surface area contributed by atoms with E-state index in [1.54, 1.807) is 0 Å². The Labute approximate surface area is 55.8 Å². The summed E-state index contributed by atoms with van der Waals surface area (Å²) in [5.41, 5.74) is 3.55. The third kappa shape index (κ3) is 1.10. The second-order valence-corrected chi connectivity index (χ2v) is 2.37. The predicted molar refractivity (Wildman–Crippen MR) is 40.6 cm³/mol. The lowest BCUT2D eigenvalue weighted by atomic mass is 10.0. The fourth-order valence-electron chi connectivity index (χ4n) is 0.789. The van der Waals surface area contributed by atoms with Crippen LogP contribution in [0.2, 0.25) is 0 Å². The van der Waals surface area contributed by atoms with Crippen molar-refractivity contribution in [3.8, 4) is 0 Å². The van der Waals surface area contributed by atoms with Crippen molar-refractivity contribution in [2.45, 2.75) is 20.3 Å². The third-order valence-electron chi connectivity index (χ3n) is 1.72. The van der Waals surface area contributed by atoms with E-state index >= 15 is 0 Å². The summed E-state index contributed by atoms with van der Waals surface area (Å²) in [6.07, 6.45) is 2.90. The van der Waals surface area contributed by atoms with Gasteiger partial charge >= 0.3 is 0 Å². The zero-order valence-electron chi connectivity index (χ0n) is 5.94. The van der Waals surface area contributed by atoms with Crippen LogP contribution >= 0.6 is 0 Å². The van der Waals surface area contributed by atoms with E-state index in [-0.39, 0.29) is 0 Å². The van der Waals surface area contributed by atoms with E-state index in [0.717, 1.165) is 12.1 Å². The molecule has 1 aliphatic rings. The van der Waals surface area contributed by atoms with Crippen LogP contribution in [-0.2, 0) is 0 Å². The Morgan fingerprint density at radius 3 is 2.67 bits per heavy atom. The van der Waals surface area contributed by atoms with Crippen LogP contribution in [0.5, 0.6) is 0 Å². The van der Waals surface area contributed by atoms with Crippen molar-refractivity contribution in [1.29, 1.82) is 0 Å². The number of rotatable bonds is 0. The maximum absolute atomic E-state index is 4.08. The van der Waals surface area contributed by atoms with Crippen molar-refractivity contribution in [2.24, 2.45) is 4.99 Å². The van der Waals surface area contributed by atoms with Crippen LogP contribution in [0.15, 0.2) is 28.4 Å². The molecular formula is C8H11N. The molecule has 0 unspecified atom stereocenters. The highest BCUT2D eigenvalue weighted by molar-refractivity contribution is 5.67. The maximum Gasteiger partial charge on any atom is 0.0582 e. The van der Waals surface area contributed by atoms with Crippen molar-refractivity contribution >= 4 is 6.21 Å². The number of aliphatic imine (C=N–C) groups is 1. The normalized spacial score (nSPS) is 19.1. The average Bonchev–Trinajstić information content (AvgIpc) is 1.83. The quantitative estimate of drug-likeness (QED) is 0.466. The largest absolute Gasteiger partial charge is 0.261 e. The van der Waals surface area contributed by atoms with Crippen molar-refractivity contribution in [1.82, 2.24) is 0 Å². The van der Waals surface area contributed by atoms with Crippen molar-refractivity contribution < 1.29 is 0 Å². The molecule has 0 aromatic heterocycles. The topological polar surface area (TPSA) is 12.4 Å². The van der Waals surface area contributed by atoms with Crippen LogP contribution in [0.25, 0.3) is 0 Å². The molecule has 0 spiro atoms. The van der Waals surface area contributed by atoms with Crippen molar-refractivity contribution in [2.75, 3.05) is 0 Å². The SMILES string of the molecule is C=C1N=CCC(C)=C1C. The molecule has 0 bridgehead atoms. The molecule has 1 nitrogen and oxygen atoms in total. The van der Waals surface area contributed by atoms with Gasteiger partial charge in [-0.2, -0.15) is 0 Å². The lowest BCUT2D eigenvalue weighted by Crippen LogP contribution is -1.94. The molecule has 1 aliphatic heterocycles. The Kier molecular flexibility index (Phi) is 1.52. The highest BCUT2D eigenvalue weighted by Crippen LogP contribution is 2.18. The van der Waals surface area contributed by atoms with E-state index in [1.165, 1.54) is 11.1 Å². The minimum atomic E-state index is 0.916. The summed E-state index contributed by atoms with van der Waals surface area (Å²) in [5, 5.41) is 0. The molecule has 0 aromatic rings. The zero-order valence-corrected chi connectivity index (χ0v) is 5.94. The molecule has 1 heteroatoms. The molecule has 0 fully saturated rings. The first-order valence-corrected chi connectivity index (χ1v) is 3.10. The molecule has 0 radical (unpaired) electrons. The molecule has 0 atom stereocenters. The van der Waals surface area contributed by atoms with Gasteiger partial charge < -0.3 is 0 Å². The summed E-state index contributed by atoms with van der Waals surface area (Å²) in [6, 6.07) is 0. The monoisotopic (exact) mass is 121 g/mol. The number of dihydropyridines is 1. The Bertz CT molecular complexity index is 197. The summed E-state index contributed by atoms with van der Waals surface area (Å²) in [5.74, 6) is 0. The average molecular weight is 121 g/mol. The van der Waals surface area contributed by atoms with E-state index < -0.39 is 0 Å². The molecule has 0 saturated heterocycles. The summed E-state index contributed by atoms with van der Waals surface area (Å²) in [7, 11) is 0. The third-order valence-corrected chi connectivity index (χ3v) is 1.72. The lowest BCUT2D eigenvalue weighted by Gasteiger charge is -2.09. The highest BCUT2D eigenvalue weighted by atomic mass is 14.7. The second-order valence-electron chi connectivity index (χ2n) is 2.37. The predicted octanol–water partition coefficient (Wildman–Crippen LogP) is 2.31. The summed E-state index contributed by atoms with van der Waals surface area (Å²) < 4.78 is 0. The standard InChI is InChI=1S/C8H11N/c1-6-4-5-9-8(3)7(6)2/h5H,3-4H2,1-2H3. The first-order valence-electron chi connectivity index (χ1n) is 3.10. The number of nitrogens with zero attached hydrogens (tertiary/aromatic N) is 1. The second kappa shape index (κ2) is 2.18. The molecule has 0 N–H and O–H groups in total. The van der Waals surface area contributed by atoms with E-state index in [2.05, 4.69) is 25.4 Å². The van der Waals surface area contributed by atoms with E-state index in [1.807, 2.05) is 6.21 Å². The number of allylic oxidation sites excluding steroid dienone is 2. The van der Waals surface area contributed by atoms with Gasteiger partial charge in [0.15, 0.2) is 0 Å². The molecule has 0 aromatic carbocycles. The van der Waals surface area contributed by atoms with Crippen LogP contribution in [0.3, 0.4) is 0 Å². The van der Waals surface area contributed by atoms with Gasteiger partial charge in [0, 0.05) is 12.6 Å². The zero-order chi connectivity index (χ0) is 6.85. The van der Waals surface area contributed by atoms with Crippen LogP contribution in [0.1, 0.15) is 20.3 Å². The molecule has 9 heavy (non-hydrogen) atoms. The van der Waals surface area contributed by atoms with Crippen LogP contribution in [0.4, 0.5) is 0 Å². The van der Waals surface area contributed by atoms with Gasteiger partial charge in [-0.3, -0.25) is 4.99 Å². The summed E-state index contributed by atoms with van der Waals surface area (Å²) >= 11 is 0.